The molecular formula is C13H20O2. The summed E-state index contributed by atoms with van der Waals surface area (Å²) in [7, 11) is 1.62. The Morgan fingerprint density at radius 2 is 2.00 bits per heavy atom. The van der Waals surface area contributed by atoms with Crippen molar-refractivity contribution in [1.82, 2.24) is 0 Å². The smallest absolute Gasteiger partial charge is 0.173 e. The van der Waals surface area contributed by atoms with Gasteiger partial charge in [0.25, 0.3) is 0 Å². The fourth-order valence-electron chi connectivity index (χ4n) is 2.37. The van der Waals surface area contributed by atoms with Crippen molar-refractivity contribution in [3.63, 3.8) is 0 Å². The van der Waals surface area contributed by atoms with Crippen LogP contribution < -0.4 is 0 Å². The van der Waals surface area contributed by atoms with Crippen LogP contribution >= 0.6 is 0 Å². The van der Waals surface area contributed by atoms with Crippen LogP contribution in [-0.4, -0.2) is 18.5 Å². The number of rotatable bonds is 4. The quantitative estimate of drug-likeness (QED) is 0.709. The predicted molar refractivity (Wildman–Crippen MR) is 61.8 cm³/mol. The van der Waals surface area contributed by atoms with Gasteiger partial charge < -0.3 is 4.74 Å². The third-order valence-electron chi connectivity index (χ3n) is 3.28. The molecule has 1 aliphatic carbocycles. The standard InChI is InChI=1S/C13H20O2/c1-6-7-12(14)13(15-5)10(3)8-9(2)11(13)4/h8H,6-7H2,1-5H3. The van der Waals surface area contributed by atoms with Gasteiger partial charge in [-0.1, -0.05) is 13.0 Å². The molecule has 0 aromatic heterocycles. The van der Waals surface area contributed by atoms with Gasteiger partial charge in [-0.2, -0.15) is 0 Å². The van der Waals surface area contributed by atoms with Gasteiger partial charge in [0.2, 0.25) is 0 Å². The molecule has 0 amide bonds. The molecule has 0 heterocycles. The van der Waals surface area contributed by atoms with Gasteiger partial charge in [0.05, 0.1) is 0 Å². The molecule has 2 nitrogen and oxygen atoms in total. The maximum atomic E-state index is 12.2. The number of hydrogen-bond acceptors (Lipinski definition) is 2. The number of ether oxygens (including phenoxy) is 1. The van der Waals surface area contributed by atoms with Gasteiger partial charge >= 0.3 is 0 Å². The Balaban J connectivity index is 3.16. The summed E-state index contributed by atoms with van der Waals surface area (Å²) >= 11 is 0. The number of carbonyl (C=O) groups is 1. The number of allylic oxidation sites excluding steroid dienone is 2. The lowest BCUT2D eigenvalue weighted by atomic mass is 9.84. The molecule has 84 valence electrons. The molecule has 0 bridgehead atoms. The van der Waals surface area contributed by atoms with E-state index in [0.29, 0.717) is 6.42 Å². The Bertz CT molecular complexity index is 336. The number of methoxy groups -OCH3 is 1. The molecule has 0 saturated carbocycles. The molecule has 1 atom stereocenters. The van der Waals surface area contributed by atoms with Crippen LogP contribution in [0.4, 0.5) is 0 Å². The topological polar surface area (TPSA) is 26.3 Å². The highest BCUT2D eigenvalue weighted by Gasteiger charge is 2.44. The summed E-state index contributed by atoms with van der Waals surface area (Å²) in [6, 6.07) is 0. The Labute approximate surface area is 92.0 Å². The number of carbonyl (C=O) groups excluding carboxylic acids is 1. The van der Waals surface area contributed by atoms with E-state index in [9.17, 15) is 4.79 Å². The van der Waals surface area contributed by atoms with Crippen molar-refractivity contribution in [3.05, 3.63) is 22.8 Å². The van der Waals surface area contributed by atoms with Crippen molar-refractivity contribution in [3.8, 4) is 0 Å². The van der Waals surface area contributed by atoms with Crippen molar-refractivity contribution in [2.75, 3.05) is 7.11 Å². The first-order chi connectivity index (χ1) is 7.00. The molecule has 0 aromatic rings. The fraction of sp³-hybridized carbons (Fsp3) is 0.615. The molecular weight excluding hydrogens is 188 g/mol. The Hall–Kier alpha value is -0.890. The summed E-state index contributed by atoms with van der Waals surface area (Å²) in [4.78, 5) is 12.2. The highest BCUT2D eigenvalue weighted by atomic mass is 16.5. The predicted octanol–water partition coefficient (Wildman–Crippen LogP) is 3.04. The Kier molecular flexibility index (Phi) is 3.50. The molecule has 1 aliphatic rings. The van der Waals surface area contributed by atoms with Gasteiger partial charge in [-0.25, -0.2) is 0 Å². The second kappa shape index (κ2) is 4.31. The minimum absolute atomic E-state index is 0.176. The summed E-state index contributed by atoms with van der Waals surface area (Å²) < 4.78 is 5.53. The van der Waals surface area contributed by atoms with E-state index in [1.54, 1.807) is 7.11 Å². The first-order valence-corrected chi connectivity index (χ1v) is 5.45. The van der Waals surface area contributed by atoms with Crippen LogP contribution in [-0.2, 0) is 9.53 Å². The Morgan fingerprint density at radius 1 is 1.40 bits per heavy atom. The first-order valence-electron chi connectivity index (χ1n) is 5.45. The molecule has 1 unspecified atom stereocenters. The van der Waals surface area contributed by atoms with E-state index in [2.05, 4.69) is 0 Å². The lowest BCUT2D eigenvalue weighted by molar-refractivity contribution is -0.133. The molecule has 1 rings (SSSR count). The van der Waals surface area contributed by atoms with Crippen LogP contribution in [0.3, 0.4) is 0 Å². The third-order valence-corrected chi connectivity index (χ3v) is 3.28. The van der Waals surface area contributed by atoms with Gasteiger partial charge in [-0.15, -0.1) is 0 Å². The van der Waals surface area contributed by atoms with Gasteiger partial charge in [-0.3, -0.25) is 4.79 Å². The minimum Gasteiger partial charge on any atom is -0.362 e. The number of ketones is 1. The second-order valence-electron chi connectivity index (χ2n) is 4.19. The van der Waals surface area contributed by atoms with E-state index in [1.165, 1.54) is 0 Å². The first kappa shape index (κ1) is 12.2. The average Bonchev–Trinajstić information content (AvgIpc) is 2.40. The largest absolute Gasteiger partial charge is 0.362 e. The highest BCUT2D eigenvalue weighted by molar-refractivity contribution is 5.95. The van der Waals surface area contributed by atoms with Gasteiger partial charge in [0, 0.05) is 13.5 Å². The molecule has 0 fully saturated rings. The van der Waals surface area contributed by atoms with E-state index in [1.807, 2.05) is 33.8 Å². The summed E-state index contributed by atoms with van der Waals surface area (Å²) in [6.45, 7) is 8.00. The zero-order chi connectivity index (χ0) is 11.6. The van der Waals surface area contributed by atoms with Crippen molar-refractivity contribution in [2.24, 2.45) is 0 Å². The zero-order valence-corrected chi connectivity index (χ0v) is 10.3. The normalized spacial score (nSPS) is 25.8. The van der Waals surface area contributed by atoms with Crippen molar-refractivity contribution in [2.45, 2.75) is 46.1 Å². The third kappa shape index (κ3) is 1.67. The number of hydrogen-bond donors (Lipinski definition) is 0. The van der Waals surface area contributed by atoms with E-state index in [4.69, 9.17) is 4.74 Å². The van der Waals surface area contributed by atoms with Crippen molar-refractivity contribution in [1.29, 1.82) is 0 Å². The maximum Gasteiger partial charge on any atom is 0.173 e. The number of Topliss-reactive ketones (excluding diaryl/α,β-unsaturated/α-hetero) is 1. The summed E-state index contributed by atoms with van der Waals surface area (Å²) in [5, 5.41) is 0. The lowest BCUT2D eigenvalue weighted by Crippen LogP contribution is -2.41. The van der Waals surface area contributed by atoms with Crippen LogP contribution in [0.1, 0.15) is 40.5 Å². The Morgan fingerprint density at radius 3 is 2.33 bits per heavy atom. The highest BCUT2D eigenvalue weighted by Crippen LogP contribution is 2.39. The summed E-state index contributed by atoms with van der Waals surface area (Å²) in [5.74, 6) is 0.176. The van der Waals surface area contributed by atoms with Gasteiger partial charge in [0.15, 0.2) is 11.4 Å². The summed E-state index contributed by atoms with van der Waals surface area (Å²) in [6.07, 6.45) is 3.49. The van der Waals surface area contributed by atoms with Crippen molar-refractivity contribution < 1.29 is 9.53 Å². The molecule has 2 heteroatoms. The lowest BCUT2D eigenvalue weighted by Gasteiger charge is -2.30. The zero-order valence-electron chi connectivity index (χ0n) is 10.3. The van der Waals surface area contributed by atoms with Crippen LogP contribution in [0.15, 0.2) is 22.8 Å². The van der Waals surface area contributed by atoms with E-state index in [-0.39, 0.29) is 5.78 Å². The summed E-state index contributed by atoms with van der Waals surface area (Å²) in [5.41, 5.74) is 2.44. The van der Waals surface area contributed by atoms with E-state index < -0.39 is 5.60 Å². The second-order valence-corrected chi connectivity index (χ2v) is 4.19. The molecule has 0 aromatic carbocycles. The SMILES string of the molecule is CCCC(=O)C1(OC)C(C)=CC(C)=C1C. The van der Waals surface area contributed by atoms with Crippen LogP contribution in [0, 0.1) is 0 Å². The van der Waals surface area contributed by atoms with Crippen LogP contribution in [0.5, 0.6) is 0 Å². The maximum absolute atomic E-state index is 12.2. The van der Waals surface area contributed by atoms with E-state index >= 15 is 0 Å². The average molecular weight is 208 g/mol. The molecule has 0 radical (unpaired) electrons. The van der Waals surface area contributed by atoms with Gasteiger partial charge in [0.1, 0.15) is 0 Å². The molecule has 0 N–H and O–H groups in total. The molecule has 15 heavy (non-hydrogen) atoms. The minimum atomic E-state index is -0.764. The monoisotopic (exact) mass is 208 g/mol. The van der Waals surface area contributed by atoms with Crippen LogP contribution in [0.25, 0.3) is 0 Å². The van der Waals surface area contributed by atoms with Crippen LogP contribution in [0.2, 0.25) is 0 Å². The molecule has 0 saturated heterocycles. The van der Waals surface area contributed by atoms with E-state index in [0.717, 1.165) is 23.1 Å². The van der Waals surface area contributed by atoms with Crippen molar-refractivity contribution >= 4 is 5.78 Å². The van der Waals surface area contributed by atoms with Gasteiger partial charge in [-0.05, 0) is 43.9 Å². The molecule has 0 spiro atoms. The molecule has 0 aliphatic heterocycles. The fourth-order valence-corrected chi connectivity index (χ4v) is 2.37.